The number of nitrogens with one attached hydrogen (secondary N) is 1. The molecule has 0 saturated carbocycles. The van der Waals surface area contributed by atoms with Crippen LogP contribution in [0.4, 0.5) is 5.69 Å². The molecule has 11 heteroatoms. The summed E-state index contributed by atoms with van der Waals surface area (Å²) in [5, 5.41) is 14.6. The molecule has 10 nitrogen and oxygen atoms in total. The molecule has 0 fully saturated rings. The Morgan fingerprint density at radius 2 is 1.82 bits per heavy atom. The van der Waals surface area contributed by atoms with Crippen LogP contribution in [-0.2, 0) is 26.2 Å². The lowest BCUT2D eigenvalue weighted by molar-refractivity contribution is -0.117. The van der Waals surface area contributed by atoms with E-state index >= 15 is 0 Å². The maximum absolute atomic E-state index is 12.2. The molecule has 1 amide bonds. The molecular formula is C17H18N6O4S. The van der Waals surface area contributed by atoms with Crippen molar-refractivity contribution in [1.29, 1.82) is 0 Å². The summed E-state index contributed by atoms with van der Waals surface area (Å²) in [6.07, 6.45) is 0. The normalized spacial score (nSPS) is 11.5. The number of aromatic nitrogens is 4. The number of hydroxylamine groups is 1. The average Bonchev–Trinajstić information content (AvgIpc) is 3.16. The van der Waals surface area contributed by atoms with Gasteiger partial charge in [-0.3, -0.25) is 9.63 Å². The van der Waals surface area contributed by atoms with E-state index in [-0.39, 0.29) is 17.3 Å². The number of anilines is 1. The van der Waals surface area contributed by atoms with Gasteiger partial charge >= 0.3 is 0 Å². The Labute approximate surface area is 161 Å². The molecule has 0 bridgehead atoms. The van der Waals surface area contributed by atoms with Gasteiger partial charge in [0.25, 0.3) is 10.0 Å². The van der Waals surface area contributed by atoms with E-state index in [9.17, 15) is 13.2 Å². The number of hydrogen-bond acceptors (Lipinski definition) is 7. The zero-order valence-electron chi connectivity index (χ0n) is 15.2. The third-order valence-electron chi connectivity index (χ3n) is 3.80. The zero-order chi connectivity index (χ0) is 20.1. The van der Waals surface area contributed by atoms with Crippen molar-refractivity contribution in [2.24, 2.45) is 0 Å². The minimum Gasteiger partial charge on any atom is -0.324 e. The highest BCUT2D eigenvalue weighted by Crippen LogP contribution is 2.17. The van der Waals surface area contributed by atoms with Gasteiger partial charge in [0.15, 0.2) is 0 Å². The van der Waals surface area contributed by atoms with E-state index in [1.807, 2.05) is 30.3 Å². The fourth-order valence-corrected chi connectivity index (χ4v) is 3.27. The maximum atomic E-state index is 12.2. The molecule has 0 aliphatic heterocycles. The van der Waals surface area contributed by atoms with Gasteiger partial charge in [-0.15, -0.1) is 10.2 Å². The second-order valence-electron chi connectivity index (χ2n) is 5.68. The predicted molar refractivity (Wildman–Crippen MR) is 100 cm³/mol. The number of carbonyl (C=O) groups is 1. The molecule has 3 aromatic rings. The van der Waals surface area contributed by atoms with E-state index in [2.05, 4.69) is 20.7 Å². The molecule has 0 aliphatic carbocycles. The van der Waals surface area contributed by atoms with Crippen molar-refractivity contribution in [2.45, 2.75) is 11.4 Å². The topological polar surface area (TPSA) is 119 Å². The van der Waals surface area contributed by atoms with Gasteiger partial charge in [0, 0.05) is 18.3 Å². The summed E-state index contributed by atoms with van der Waals surface area (Å²) in [4.78, 5) is 18.1. The number of benzene rings is 2. The van der Waals surface area contributed by atoms with Crippen LogP contribution >= 0.6 is 0 Å². The number of rotatable bonds is 7. The fraction of sp³-hybridized carbons (Fsp3) is 0.176. The molecule has 0 aliphatic rings. The number of sulfonamides is 1. The predicted octanol–water partition coefficient (Wildman–Crippen LogP) is 1.16. The lowest BCUT2D eigenvalue weighted by Gasteiger charge is -2.14. The quantitative estimate of drug-likeness (QED) is 0.589. The molecule has 1 N–H and O–H groups in total. The van der Waals surface area contributed by atoms with Gasteiger partial charge < -0.3 is 5.32 Å². The van der Waals surface area contributed by atoms with Gasteiger partial charge in [-0.25, -0.2) is 8.42 Å². The third-order valence-corrected chi connectivity index (χ3v) is 5.50. The van der Waals surface area contributed by atoms with Gasteiger partial charge in [0.1, 0.15) is 6.54 Å². The summed E-state index contributed by atoms with van der Waals surface area (Å²) in [5.74, 6) is 0.0480. The summed E-state index contributed by atoms with van der Waals surface area (Å²) < 4.78 is 25.0. The van der Waals surface area contributed by atoms with Gasteiger partial charge in [0.2, 0.25) is 11.7 Å². The van der Waals surface area contributed by atoms with Crippen LogP contribution in [0.1, 0.15) is 0 Å². The summed E-state index contributed by atoms with van der Waals surface area (Å²) in [7, 11) is -1.19. The van der Waals surface area contributed by atoms with Crippen molar-refractivity contribution < 1.29 is 18.0 Å². The van der Waals surface area contributed by atoms with Crippen LogP contribution in [0.25, 0.3) is 11.4 Å². The molecule has 3 rings (SSSR count). The monoisotopic (exact) mass is 402 g/mol. The molecule has 0 saturated heterocycles. The second kappa shape index (κ2) is 8.25. The average molecular weight is 402 g/mol. The first kappa shape index (κ1) is 19.6. The molecule has 1 aromatic heterocycles. The molecule has 146 valence electrons. The maximum Gasteiger partial charge on any atom is 0.264 e. The van der Waals surface area contributed by atoms with E-state index in [4.69, 9.17) is 4.84 Å². The smallest absolute Gasteiger partial charge is 0.264 e. The number of carbonyl (C=O) groups excluding carboxylic acids is 1. The fourth-order valence-electron chi connectivity index (χ4n) is 2.30. The SMILES string of the molecule is CON(C)S(=O)(=O)c1ccc(NC(=O)Cn2nnc(-c3ccccc3)n2)cc1. The van der Waals surface area contributed by atoms with Crippen LogP contribution in [0.15, 0.2) is 59.5 Å². The highest BCUT2D eigenvalue weighted by atomic mass is 32.2. The Hall–Kier alpha value is -3.15. The number of hydrogen-bond donors (Lipinski definition) is 1. The van der Waals surface area contributed by atoms with Crippen molar-refractivity contribution in [1.82, 2.24) is 24.7 Å². The van der Waals surface area contributed by atoms with Crippen LogP contribution in [0.3, 0.4) is 0 Å². The third kappa shape index (κ3) is 4.39. The van der Waals surface area contributed by atoms with E-state index in [0.717, 1.165) is 10.0 Å². The largest absolute Gasteiger partial charge is 0.324 e. The first-order valence-corrected chi connectivity index (χ1v) is 9.60. The Balaban J connectivity index is 1.63. The molecule has 0 radical (unpaired) electrons. The summed E-state index contributed by atoms with van der Waals surface area (Å²) in [6, 6.07) is 15.0. The van der Waals surface area contributed by atoms with Gasteiger partial charge in [-0.05, 0) is 29.5 Å². The molecule has 0 unspecified atom stereocenters. The lowest BCUT2D eigenvalue weighted by atomic mass is 10.2. The molecule has 2 aromatic carbocycles. The van der Waals surface area contributed by atoms with Crippen molar-refractivity contribution >= 4 is 21.6 Å². The minimum absolute atomic E-state index is 0.0419. The zero-order valence-corrected chi connectivity index (χ0v) is 16.0. The summed E-state index contributed by atoms with van der Waals surface area (Å²) in [5.41, 5.74) is 1.24. The first-order chi connectivity index (χ1) is 13.4. The van der Waals surface area contributed by atoms with E-state index in [0.29, 0.717) is 11.5 Å². The minimum atomic E-state index is -3.74. The number of amides is 1. The van der Waals surface area contributed by atoms with Crippen LogP contribution in [0.5, 0.6) is 0 Å². The molecule has 0 spiro atoms. The van der Waals surface area contributed by atoms with Crippen LogP contribution in [0.2, 0.25) is 0 Å². The summed E-state index contributed by atoms with van der Waals surface area (Å²) in [6.45, 7) is -0.133. The molecule has 1 heterocycles. The Morgan fingerprint density at radius 3 is 2.46 bits per heavy atom. The van der Waals surface area contributed by atoms with Crippen LogP contribution in [0, 0.1) is 0 Å². The van der Waals surface area contributed by atoms with Gasteiger partial charge in [-0.1, -0.05) is 34.8 Å². The van der Waals surface area contributed by atoms with E-state index < -0.39 is 10.0 Å². The molecule has 28 heavy (non-hydrogen) atoms. The van der Waals surface area contributed by atoms with Crippen LogP contribution < -0.4 is 5.32 Å². The Kier molecular flexibility index (Phi) is 5.78. The summed E-state index contributed by atoms with van der Waals surface area (Å²) >= 11 is 0. The Morgan fingerprint density at radius 1 is 1.14 bits per heavy atom. The molecular weight excluding hydrogens is 384 g/mol. The van der Waals surface area contributed by atoms with E-state index in [1.54, 1.807) is 0 Å². The highest BCUT2D eigenvalue weighted by Gasteiger charge is 2.20. The van der Waals surface area contributed by atoms with E-state index in [1.165, 1.54) is 43.2 Å². The van der Waals surface area contributed by atoms with Crippen molar-refractivity contribution in [3.63, 3.8) is 0 Å². The molecule has 0 atom stereocenters. The first-order valence-electron chi connectivity index (χ1n) is 8.16. The second-order valence-corrected chi connectivity index (χ2v) is 7.62. The van der Waals surface area contributed by atoms with Crippen molar-refractivity contribution in [3.05, 3.63) is 54.6 Å². The van der Waals surface area contributed by atoms with Gasteiger partial charge in [-0.2, -0.15) is 4.80 Å². The Bertz CT molecular complexity index is 1050. The lowest BCUT2D eigenvalue weighted by Crippen LogP contribution is -2.25. The van der Waals surface area contributed by atoms with Crippen molar-refractivity contribution in [3.8, 4) is 11.4 Å². The van der Waals surface area contributed by atoms with Crippen molar-refractivity contribution in [2.75, 3.05) is 19.5 Å². The highest BCUT2D eigenvalue weighted by molar-refractivity contribution is 7.89. The standard InChI is InChI=1S/C17H18N6O4S/c1-22(27-2)28(25,26)15-10-8-14(9-11-15)18-16(24)12-23-20-17(19-21-23)13-6-4-3-5-7-13/h3-11H,12H2,1-2H3,(H,18,24). The van der Waals surface area contributed by atoms with Gasteiger partial charge in [0.05, 0.1) is 12.0 Å². The number of tetrazole rings is 1. The number of nitrogens with zero attached hydrogens (tertiary/aromatic N) is 5. The van der Waals surface area contributed by atoms with Crippen LogP contribution in [-0.4, -0.2) is 53.2 Å².